The quantitative estimate of drug-likeness (QED) is 0.550. The summed E-state index contributed by atoms with van der Waals surface area (Å²) in [5.74, 6) is -0.951. The minimum atomic E-state index is -0.992. The molecule has 0 saturated carbocycles. The van der Waals surface area contributed by atoms with Crippen molar-refractivity contribution < 1.29 is 24.2 Å². The van der Waals surface area contributed by atoms with Crippen LogP contribution in [0.1, 0.15) is 27.6 Å². The predicted octanol–water partition coefficient (Wildman–Crippen LogP) is 3.31. The average Bonchev–Trinajstić information content (AvgIpc) is 3.04. The standard InChI is InChI=1S/C19H17NO5/c1-11(18(22)15-10-20-16-6-4-3-5-13(15)16)25-19(23)14-8-7-12(24-2)9-17(14)21/h3-11,20-21H,1-2H3. The average molecular weight is 339 g/mol. The third kappa shape index (κ3) is 3.19. The van der Waals surface area contributed by atoms with E-state index in [2.05, 4.69) is 4.98 Å². The minimum Gasteiger partial charge on any atom is -0.507 e. The molecule has 3 aromatic rings. The number of aromatic nitrogens is 1. The van der Waals surface area contributed by atoms with E-state index in [1.54, 1.807) is 6.20 Å². The predicted molar refractivity (Wildman–Crippen MR) is 92.2 cm³/mol. The van der Waals surface area contributed by atoms with E-state index in [0.29, 0.717) is 11.3 Å². The van der Waals surface area contributed by atoms with Crippen LogP contribution in [0.25, 0.3) is 10.9 Å². The fourth-order valence-electron chi connectivity index (χ4n) is 2.58. The molecule has 0 aliphatic carbocycles. The lowest BCUT2D eigenvalue weighted by atomic mass is 10.1. The van der Waals surface area contributed by atoms with Gasteiger partial charge < -0.3 is 19.6 Å². The summed E-state index contributed by atoms with van der Waals surface area (Å²) in [5.41, 5.74) is 1.26. The normalized spacial score (nSPS) is 11.9. The molecule has 0 amide bonds. The number of rotatable bonds is 5. The van der Waals surface area contributed by atoms with Crippen LogP contribution < -0.4 is 4.74 Å². The van der Waals surface area contributed by atoms with E-state index in [0.717, 1.165) is 10.9 Å². The number of H-pyrrole nitrogens is 1. The third-order valence-electron chi connectivity index (χ3n) is 3.93. The van der Waals surface area contributed by atoms with Gasteiger partial charge in [-0.05, 0) is 25.1 Å². The second-order valence-corrected chi connectivity index (χ2v) is 5.54. The Morgan fingerprint density at radius 2 is 1.88 bits per heavy atom. The van der Waals surface area contributed by atoms with Crippen LogP contribution in [0, 0.1) is 0 Å². The van der Waals surface area contributed by atoms with Gasteiger partial charge in [-0.25, -0.2) is 4.79 Å². The van der Waals surface area contributed by atoms with Gasteiger partial charge in [0.2, 0.25) is 5.78 Å². The molecule has 1 unspecified atom stereocenters. The van der Waals surface area contributed by atoms with Crippen molar-refractivity contribution in [1.82, 2.24) is 4.98 Å². The maximum Gasteiger partial charge on any atom is 0.342 e. The highest BCUT2D eigenvalue weighted by Gasteiger charge is 2.24. The summed E-state index contributed by atoms with van der Waals surface area (Å²) < 4.78 is 10.2. The van der Waals surface area contributed by atoms with Crippen molar-refractivity contribution in [3.8, 4) is 11.5 Å². The number of aromatic hydroxyl groups is 1. The number of carbonyl (C=O) groups is 2. The van der Waals surface area contributed by atoms with E-state index in [9.17, 15) is 14.7 Å². The molecule has 1 aromatic heterocycles. The lowest BCUT2D eigenvalue weighted by Gasteiger charge is -2.13. The van der Waals surface area contributed by atoms with Gasteiger partial charge in [0.1, 0.15) is 17.1 Å². The molecule has 3 rings (SSSR count). The highest BCUT2D eigenvalue weighted by molar-refractivity contribution is 6.10. The SMILES string of the molecule is COc1ccc(C(=O)OC(C)C(=O)c2c[nH]c3ccccc23)c(O)c1. The Labute approximate surface area is 144 Å². The van der Waals surface area contributed by atoms with Gasteiger partial charge in [-0.15, -0.1) is 0 Å². The number of benzene rings is 2. The Hall–Kier alpha value is -3.28. The zero-order valence-electron chi connectivity index (χ0n) is 13.8. The van der Waals surface area contributed by atoms with Crippen molar-refractivity contribution in [1.29, 1.82) is 0 Å². The number of aromatic amines is 1. The molecule has 0 fully saturated rings. The van der Waals surface area contributed by atoms with E-state index in [-0.39, 0.29) is 17.1 Å². The number of ketones is 1. The van der Waals surface area contributed by atoms with Crippen molar-refractivity contribution in [2.24, 2.45) is 0 Å². The number of methoxy groups -OCH3 is 1. The summed E-state index contributed by atoms with van der Waals surface area (Å²) in [5, 5.41) is 10.7. The summed E-state index contributed by atoms with van der Waals surface area (Å²) in [4.78, 5) is 27.8. The van der Waals surface area contributed by atoms with Gasteiger partial charge in [-0.2, -0.15) is 0 Å². The molecule has 0 aliphatic rings. The number of hydrogen-bond donors (Lipinski definition) is 2. The van der Waals surface area contributed by atoms with Crippen molar-refractivity contribution in [3.63, 3.8) is 0 Å². The van der Waals surface area contributed by atoms with Gasteiger partial charge in [-0.3, -0.25) is 4.79 Å². The first kappa shape index (κ1) is 16.6. The maximum atomic E-state index is 12.6. The molecule has 0 saturated heterocycles. The Morgan fingerprint density at radius 3 is 2.60 bits per heavy atom. The molecule has 0 bridgehead atoms. The fraction of sp³-hybridized carbons (Fsp3) is 0.158. The molecule has 1 heterocycles. The second-order valence-electron chi connectivity index (χ2n) is 5.54. The number of ether oxygens (including phenoxy) is 2. The van der Waals surface area contributed by atoms with Gasteiger partial charge in [0.15, 0.2) is 6.10 Å². The van der Waals surface area contributed by atoms with Crippen molar-refractivity contribution in [2.45, 2.75) is 13.0 Å². The zero-order chi connectivity index (χ0) is 18.0. The first-order valence-electron chi connectivity index (χ1n) is 7.69. The number of Topliss-reactive ketones (excluding diaryl/α,β-unsaturated/α-hetero) is 1. The smallest absolute Gasteiger partial charge is 0.342 e. The van der Waals surface area contributed by atoms with E-state index in [1.807, 2.05) is 24.3 Å². The van der Waals surface area contributed by atoms with Crippen molar-refractivity contribution >= 4 is 22.7 Å². The number of phenols is 1. The number of nitrogens with one attached hydrogen (secondary N) is 1. The van der Waals surface area contributed by atoms with E-state index in [1.165, 1.54) is 32.2 Å². The number of fused-ring (bicyclic) bond motifs is 1. The molecule has 2 aromatic carbocycles. The lowest BCUT2D eigenvalue weighted by molar-refractivity contribution is 0.0316. The van der Waals surface area contributed by atoms with Gasteiger partial charge in [0.05, 0.1) is 7.11 Å². The Morgan fingerprint density at radius 1 is 1.12 bits per heavy atom. The molecule has 6 nitrogen and oxygen atoms in total. The monoisotopic (exact) mass is 339 g/mol. The summed E-state index contributed by atoms with van der Waals surface area (Å²) in [7, 11) is 1.45. The van der Waals surface area contributed by atoms with Crippen LogP contribution in [-0.4, -0.2) is 35.1 Å². The van der Waals surface area contributed by atoms with Crippen LogP contribution in [0.4, 0.5) is 0 Å². The number of phenolic OH excluding ortho intramolecular Hbond substituents is 1. The lowest BCUT2D eigenvalue weighted by Crippen LogP contribution is -2.24. The maximum absolute atomic E-state index is 12.6. The molecule has 0 radical (unpaired) electrons. The number of para-hydroxylation sites is 1. The van der Waals surface area contributed by atoms with Crippen LogP contribution >= 0.6 is 0 Å². The van der Waals surface area contributed by atoms with Crippen LogP contribution in [-0.2, 0) is 4.74 Å². The van der Waals surface area contributed by atoms with Crippen LogP contribution in [0.2, 0.25) is 0 Å². The highest BCUT2D eigenvalue weighted by atomic mass is 16.5. The van der Waals surface area contributed by atoms with Gasteiger partial charge in [0.25, 0.3) is 0 Å². The molecular formula is C19H17NO5. The third-order valence-corrected chi connectivity index (χ3v) is 3.93. The number of carbonyl (C=O) groups excluding carboxylic acids is 2. The number of hydrogen-bond acceptors (Lipinski definition) is 5. The molecule has 0 aliphatic heterocycles. The number of esters is 1. The van der Waals surface area contributed by atoms with E-state index < -0.39 is 12.1 Å². The summed E-state index contributed by atoms with van der Waals surface area (Å²) in [6.07, 6.45) is 0.607. The summed E-state index contributed by atoms with van der Waals surface area (Å²) in [6, 6.07) is 11.6. The molecule has 1 atom stereocenters. The van der Waals surface area contributed by atoms with Gasteiger partial charge in [-0.1, -0.05) is 18.2 Å². The van der Waals surface area contributed by atoms with E-state index in [4.69, 9.17) is 9.47 Å². The van der Waals surface area contributed by atoms with Gasteiger partial charge >= 0.3 is 5.97 Å². The second kappa shape index (κ2) is 6.68. The summed E-state index contributed by atoms with van der Waals surface area (Å²) in [6.45, 7) is 1.50. The van der Waals surface area contributed by atoms with E-state index >= 15 is 0 Å². The Bertz CT molecular complexity index is 944. The topological polar surface area (TPSA) is 88.6 Å². The van der Waals surface area contributed by atoms with Gasteiger partial charge in [0, 0.05) is 28.7 Å². The molecule has 25 heavy (non-hydrogen) atoms. The van der Waals surface area contributed by atoms with Crippen LogP contribution in [0.3, 0.4) is 0 Å². The summed E-state index contributed by atoms with van der Waals surface area (Å²) >= 11 is 0. The molecule has 128 valence electrons. The minimum absolute atomic E-state index is 0.0284. The highest BCUT2D eigenvalue weighted by Crippen LogP contribution is 2.25. The van der Waals surface area contributed by atoms with Crippen molar-refractivity contribution in [2.75, 3.05) is 7.11 Å². The fourth-order valence-corrected chi connectivity index (χ4v) is 2.58. The first-order valence-corrected chi connectivity index (χ1v) is 7.69. The largest absolute Gasteiger partial charge is 0.507 e. The molecular weight excluding hydrogens is 322 g/mol. The van der Waals surface area contributed by atoms with Crippen LogP contribution in [0.5, 0.6) is 11.5 Å². The first-order chi connectivity index (χ1) is 12.0. The molecule has 6 heteroatoms. The van der Waals surface area contributed by atoms with Crippen LogP contribution in [0.15, 0.2) is 48.7 Å². The Kier molecular flexibility index (Phi) is 4.43. The molecule has 2 N–H and O–H groups in total. The van der Waals surface area contributed by atoms with Crippen molar-refractivity contribution in [3.05, 3.63) is 59.8 Å². The molecule has 0 spiro atoms. The zero-order valence-corrected chi connectivity index (χ0v) is 13.8. The Balaban J connectivity index is 1.78.